The summed E-state index contributed by atoms with van der Waals surface area (Å²) in [5, 5.41) is 9.44. The lowest BCUT2D eigenvalue weighted by molar-refractivity contribution is 0.0107. The SMILES string of the molecule is CC(C)(C)OC(=O)N1Cc2cccnc2C1CO. The van der Waals surface area contributed by atoms with E-state index >= 15 is 0 Å². The fourth-order valence-electron chi connectivity index (χ4n) is 2.02. The molecular weight excluding hydrogens is 232 g/mol. The summed E-state index contributed by atoms with van der Waals surface area (Å²) >= 11 is 0. The minimum atomic E-state index is -0.542. The van der Waals surface area contributed by atoms with Gasteiger partial charge in [0.25, 0.3) is 0 Å². The molecule has 5 heteroatoms. The lowest BCUT2D eigenvalue weighted by Gasteiger charge is -2.27. The quantitative estimate of drug-likeness (QED) is 0.826. The number of amides is 1. The van der Waals surface area contributed by atoms with Gasteiger partial charge in [0.15, 0.2) is 0 Å². The van der Waals surface area contributed by atoms with Gasteiger partial charge in [-0.2, -0.15) is 0 Å². The van der Waals surface area contributed by atoms with E-state index in [-0.39, 0.29) is 6.61 Å². The number of nitrogens with zero attached hydrogens (tertiary/aromatic N) is 2. The van der Waals surface area contributed by atoms with Crippen LogP contribution >= 0.6 is 0 Å². The first-order chi connectivity index (χ1) is 8.42. The van der Waals surface area contributed by atoms with E-state index in [1.165, 1.54) is 4.90 Å². The van der Waals surface area contributed by atoms with Crippen molar-refractivity contribution < 1.29 is 14.6 Å². The average molecular weight is 250 g/mol. The zero-order valence-corrected chi connectivity index (χ0v) is 10.9. The number of aliphatic hydroxyl groups excluding tert-OH is 1. The van der Waals surface area contributed by atoms with Gasteiger partial charge in [0.05, 0.1) is 18.8 Å². The number of hydrogen-bond donors (Lipinski definition) is 1. The van der Waals surface area contributed by atoms with Gasteiger partial charge < -0.3 is 9.84 Å². The largest absolute Gasteiger partial charge is 0.444 e. The van der Waals surface area contributed by atoms with Crippen molar-refractivity contribution in [3.8, 4) is 0 Å². The van der Waals surface area contributed by atoms with Crippen LogP contribution in [0.2, 0.25) is 0 Å². The van der Waals surface area contributed by atoms with Crippen LogP contribution in [0.5, 0.6) is 0 Å². The van der Waals surface area contributed by atoms with Crippen LogP contribution in [0.4, 0.5) is 4.79 Å². The lowest BCUT2D eigenvalue weighted by atomic mass is 10.1. The first-order valence-electron chi connectivity index (χ1n) is 5.96. The molecule has 0 saturated carbocycles. The molecule has 1 atom stereocenters. The Morgan fingerprint density at radius 1 is 1.61 bits per heavy atom. The topological polar surface area (TPSA) is 62.7 Å². The summed E-state index contributed by atoms with van der Waals surface area (Å²) in [6.07, 6.45) is 1.25. The summed E-state index contributed by atoms with van der Waals surface area (Å²) in [5.41, 5.74) is 1.17. The van der Waals surface area contributed by atoms with E-state index < -0.39 is 17.7 Å². The van der Waals surface area contributed by atoms with Crippen molar-refractivity contribution in [3.05, 3.63) is 29.6 Å². The van der Waals surface area contributed by atoms with E-state index in [9.17, 15) is 9.90 Å². The Balaban J connectivity index is 2.20. The molecule has 0 radical (unpaired) electrons. The van der Waals surface area contributed by atoms with E-state index in [1.807, 2.05) is 32.9 Å². The third kappa shape index (κ3) is 2.46. The van der Waals surface area contributed by atoms with E-state index in [0.717, 1.165) is 11.3 Å². The highest BCUT2D eigenvalue weighted by Crippen LogP contribution is 2.32. The van der Waals surface area contributed by atoms with Crippen LogP contribution in [-0.2, 0) is 11.3 Å². The minimum absolute atomic E-state index is 0.150. The molecule has 98 valence electrons. The second kappa shape index (κ2) is 4.57. The second-order valence-electron chi connectivity index (χ2n) is 5.35. The van der Waals surface area contributed by atoms with Crippen molar-refractivity contribution >= 4 is 6.09 Å². The third-order valence-electron chi connectivity index (χ3n) is 2.76. The van der Waals surface area contributed by atoms with Crippen molar-refractivity contribution in [2.24, 2.45) is 0 Å². The number of pyridine rings is 1. The Morgan fingerprint density at radius 2 is 2.33 bits per heavy atom. The van der Waals surface area contributed by atoms with Crippen molar-refractivity contribution in [1.29, 1.82) is 0 Å². The molecule has 1 unspecified atom stereocenters. The molecule has 0 bridgehead atoms. The zero-order chi connectivity index (χ0) is 13.3. The number of aliphatic hydroxyl groups is 1. The van der Waals surface area contributed by atoms with E-state index in [1.54, 1.807) is 6.20 Å². The second-order valence-corrected chi connectivity index (χ2v) is 5.35. The summed E-state index contributed by atoms with van der Waals surface area (Å²) in [5.74, 6) is 0. The number of fused-ring (bicyclic) bond motifs is 1. The molecule has 1 aliphatic rings. The maximum atomic E-state index is 12.1. The van der Waals surface area contributed by atoms with E-state index in [0.29, 0.717) is 6.54 Å². The summed E-state index contributed by atoms with van der Waals surface area (Å²) in [6.45, 7) is 5.74. The molecule has 1 amide bonds. The highest BCUT2D eigenvalue weighted by Gasteiger charge is 2.36. The summed E-state index contributed by atoms with van der Waals surface area (Å²) < 4.78 is 5.33. The van der Waals surface area contributed by atoms with Gasteiger partial charge in [0, 0.05) is 6.20 Å². The van der Waals surface area contributed by atoms with Crippen LogP contribution < -0.4 is 0 Å². The Morgan fingerprint density at radius 3 is 2.94 bits per heavy atom. The molecule has 0 spiro atoms. The molecule has 5 nitrogen and oxygen atoms in total. The predicted molar refractivity (Wildman–Crippen MR) is 65.8 cm³/mol. The lowest BCUT2D eigenvalue weighted by Crippen LogP contribution is -2.36. The van der Waals surface area contributed by atoms with E-state index in [2.05, 4.69) is 4.98 Å². The van der Waals surface area contributed by atoms with Gasteiger partial charge in [-0.05, 0) is 32.4 Å². The molecule has 1 aromatic heterocycles. The van der Waals surface area contributed by atoms with Crippen LogP contribution in [0.15, 0.2) is 18.3 Å². The Labute approximate surface area is 106 Å². The average Bonchev–Trinajstić information content (AvgIpc) is 2.65. The molecule has 18 heavy (non-hydrogen) atoms. The molecular formula is C13H18N2O3. The molecule has 0 saturated heterocycles. The summed E-state index contributed by atoms with van der Waals surface area (Å²) in [4.78, 5) is 17.8. The van der Waals surface area contributed by atoms with Crippen molar-refractivity contribution in [2.75, 3.05) is 6.61 Å². The normalized spacial score (nSPS) is 18.7. The molecule has 1 aliphatic heterocycles. The van der Waals surface area contributed by atoms with Crippen molar-refractivity contribution in [1.82, 2.24) is 9.88 Å². The number of aromatic nitrogens is 1. The van der Waals surface area contributed by atoms with Crippen molar-refractivity contribution in [3.63, 3.8) is 0 Å². The number of ether oxygens (including phenoxy) is 1. The van der Waals surface area contributed by atoms with Crippen molar-refractivity contribution in [2.45, 2.75) is 39.0 Å². The van der Waals surface area contributed by atoms with Gasteiger partial charge in [-0.3, -0.25) is 9.88 Å². The number of carbonyl (C=O) groups is 1. The molecule has 0 aliphatic carbocycles. The Kier molecular flexibility index (Phi) is 3.26. The molecule has 0 fully saturated rings. The zero-order valence-electron chi connectivity index (χ0n) is 10.9. The third-order valence-corrected chi connectivity index (χ3v) is 2.76. The molecule has 2 heterocycles. The van der Waals surface area contributed by atoms with Crippen LogP contribution in [0, 0.1) is 0 Å². The Bertz CT molecular complexity index is 454. The van der Waals surface area contributed by atoms with Gasteiger partial charge >= 0.3 is 6.09 Å². The maximum absolute atomic E-state index is 12.1. The molecule has 1 N–H and O–H groups in total. The Hall–Kier alpha value is -1.62. The van der Waals surface area contributed by atoms with Gasteiger partial charge in [0.1, 0.15) is 11.6 Å². The summed E-state index contributed by atoms with van der Waals surface area (Å²) in [6, 6.07) is 3.33. The summed E-state index contributed by atoms with van der Waals surface area (Å²) in [7, 11) is 0. The fraction of sp³-hybridized carbons (Fsp3) is 0.538. The predicted octanol–water partition coefficient (Wildman–Crippen LogP) is 1.87. The van der Waals surface area contributed by atoms with Crippen LogP contribution in [0.3, 0.4) is 0 Å². The van der Waals surface area contributed by atoms with Gasteiger partial charge in [0.2, 0.25) is 0 Å². The molecule has 1 aromatic rings. The van der Waals surface area contributed by atoms with E-state index in [4.69, 9.17) is 4.74 Å². The number of rotatable bonds is 1. The molecule has 2 rings (SSSR count). The smallest absolute Gasteiger partial charge is 0.411 e. The minimum Gasteiger partial charge on any atom is -0.444 e. The van der Waals surface area contributed by atoms with Crippen LogP contribution in [0.25, 0.3) is 0 Å². The first-order valence-corrected chi connectivity index (χ1v) is 5.96. The number of carbonyl (C=O) groups excluding carboxylic acids is 1. The number of hydrogen-bond acceptors (Lipinski definition) is 4. The fourth-order valence-corrected chi connectivity index (χ4v) is 2.02. The van der Waals surface area contributed by atoms with Crippen LogP contribution in [-0.4, -0.2) is 33.3 Å². The monoisotopic (exact) mass is 250 g/mol. The highest BCUT2D eigenvalue weighted by atomic mass is 16.6. The molecule has 0 aromatic carbocycles. The van der Waals surface area contributed by atoms with Crippen LogP contribution in [0.1, 0.15) is 38.1 Å². The van der Waals surface area contributed by atoms with Gasteiger partial charge in [-0.1, -0.05) is 6.07 Å². The first kappa shape index (κ1) is 12.8. The standard InChI is InChI=1S/C13H18N2O3/c1-13(2,3)18-12(17)15-7-9-5-4-6-14-11(9)10(15)8-16/h4-6,10,16H,7-8H2,1-3H3. The highest BCUT2D eigenvalue weighted by molar-refractivity contribution is 5.70. The maximum Gasteiger partial charge on any atom is 0.411 e. The van der Waals surface area contributed by atoms with Gasteiger partial charge in [-0.15, -0.1) is 0 Å². The van der Waals surface area contributed by atoms with Gasteiger partial charge in [-0.25, -0.2) is 4.79 Å².